The fourth-order valence-corrected chi connectivity index (χ4v) is 6.26. The SMILES string of the molecule is CC(C)Cc1ccc2cc(-c3cc4c(-c5cc(C(C)(C)C)c6ccccc6c5)nccc4o3)sc2c1. The number of benzene rings is 3. The number of thiophene rings is 1. The summed E-state index contributed by atoms with van der Waals surface area (Å²) in [6.07, 6.45) is 2.96. The molecule has 3 aromatic heterocycles. The minimum atomic E-state index is 0.0244. The van der Waals surface area contributed by atoms with Gasteiger partial charge in [0.1, 0.15) is 11.3 Å². The van der Waals surface area contributed by atoms with E-state index in [4.69, 9.17) is 9.40 Å². The maximum Gasteiger partial charge on any atom is 0.145 e. The second-order valence-electron chi connectivity index (χ2n) is 11.3. The summed E-state index contributed by atoms with van der Waals surface area (Å²) in [4.78, 5) is 5.99. The third-order valence-electron chi connectivity index (χ3n) is 6.86. The fraction of sp³-hybridized carbons (Fsp3) is 0.242. The van der Waals surface area contributed by atoms with Crippen molar-refractivity contribution in [1.29, 1.82) is 0 Å². The topological polar surface area (TPSA) is 26.0 Å². The molecule has 6 aromatic rings. The van der Waals surface area contributed by atoms with Gasteiger partial charge in [-0.1, -0.05) is 71.0 Å². The van der Waals surface area contributed by atoms with Crippen molar-refractivity contribution in [3.8, 4) is 21.9 Å². The molecule has 0 saturated heterocycles. The summed E-state index contributed by atoms with van der Waals surface area (Å²) in [7, 11) is 0. The van der Waals surface area contributed by atoms with E-state index in [9.17, 15) is 0 Å². The summed E-state index contributed by atoms with van der Waals surface area (Å²) in [5.41, 5.74) is 5.73. The lowest BCUT2D eigenvalue weighted by Crippen LogP contribution is -2.12. The Morgan fingerprint density at radius 2 is 1.69 bits per heavy atom. The third kappa shape index (κ3) is 4.12. The molecule has 180 valence electrons. The highest BCUT2D eigenvalue weighted by Crippen LogP contribution is 2.40. The van der Waals surface area contributed by atoms with Gasteiger partial charge in [0.25, 0.3) is 0 Å². The van der Waals surface area contributed by atoms with Crippen molar-refractivity contribution in [3.63, 3.8) is 0 Å². The summed E-state index contributed by atoms with van der Waals surface area (Å²) in [6.45, 7) is 11.4. The van der Waals surface area contributed by atoms with Crippen molar-refractivity contribution in [1.82, 2.24) is 4.98 Å². The number of hydrogen-bond acceptors (Lipinski definition) is 3. The van der Waals surface area contributed by atoms with Crippen LogP contribution in [-0.4, -0.2) is 4.98 Å². The first-order chi connectivity index (χ1) is 17.3. The molecule has 0 aliphatic rings. The zero-order chi connectivity index (χ0) is 25.0. The number of hydrogen-bond donors (Lipinski definition) is 0. The lowest BCUT2D eigenvalue weighted by atomic mass is 9.82. The van der Waals surface area contributed by atoms with Crippen LogP contribution in [0.25, 0.3) is 53.7 Å². The summed E-state index contributed by atoms with van der Waals surface area (Å²) in [5.74, 6) is 1.56. The minimum Gasteiger partial charge on any atom is -0.455 e. The van der Waals surface area contributed by atoms with Crippen molar-refractivity contribution in [2.75, 3.05) is 0 Å². The van der Waals surface area contributed by atoms with Crippen LogP contribution in [0.15, 0.2) is 83.4 Å². The molecule has 36 heavy (non-hydrogen) atoms. The molecule has 0 saturated carbocycles. The summed E-state index contributed by atoms with van der Waals surface area (Å²) < 4.78 is 7.71. The molecule has 0 fully saturated rings. The molecule has 0 radical (unpaired) electrons. The van der Waals surface area contributed by atoms with Crippen molar-refractivity contribution >= 4 is 43.2 Å². The molecule has 0 atom stereocenters. The molecule has 0 unspecified atom stereocenters. The second kappa shape index (κ2) is 8.60. The molecule has 0 aliphatic carbocycles. The first-order valence-corrected chi connectivity index (χ1v) is 13.5. The van der Waals surface area contributed by atoms with Gasteiger partial charge in [0.15, 0.2) is 0 Å². The largest absolute Gasteiger partial charge is 0.455 e. The predicted octanol–water partition coefficient (Wildman–Crippen LogP) is 10.0. The number of aromatic nitrogens is 1. The Morgan fingerprint density at radius 3 is 2.50 bits per heavy atom. The van der Waals surface area contributed by atoms with Crippen molar-refractivity contribution in [3.05, 3.63) is 90.1 Å². The monoisotopic (exact) mass is 489 g/mol. The molecular formula is C33H31NOS. The highest BCUT2D eigenvalue weighted by Gasteiger charge is 2.20. The standard InChI is InChI=1S/C33H31NOS/c1-20(2)14-21-10-11-23-18-31(36-30(23)15-21)29-19-26-28(35-29)12-13-34-32(26)24-16-22-8-6-7-9-25(22)27(17-24)33(3,4)5/h6-13,15-20H,14H2,1-5H3. The normalized spacial score (nSPS) is 12.4. The van der Waals surface area contributed by atoms with Gasteiger partial charge in [-0.2, -0.15) is 0 Å². The van der Waals surface area contributed by atoms with Crippen LogP contribution in [0.4, 0.5) is 0 Å². The molecule has 0 aliphatic heterocycles. The van der Waals surface area contributed by atoms with Crippen molar-refractivity contribution in [2.45, 2.75) is 46.5 Å². The summed E-state index contributed by atoms with van der Waals surface area (Å²) in [5, 5.41) is 4.87. The van der Waals surface area contributed by atoms with Crippen LogP contribution in [-0.2, 0) is 11.8 Å². The molecule has 6 rings (SSSR count). The van der Waals surface area contributed by atoms with E-state index in [1.165, 1.54) is 32.0 Å². The average Bonchev–Trinajstić information content (AvgIpc) is 3.46. The van der Waals surface area contributed by atoms with Gasteiger partial charge in [0.2, 0.25) is 0 Å². The van der Waals surface area contributed by atoms with Gasteiger partial charge < -0.3 is 4.42 Å². The molecular weight excluding hydrogens is 458 g/mol. The molecule has 0 spiro atoms. The van der Waals surface area contributed by atoms with Crippen LogP contribution in [0, 0.1) is 5.92 Å². The highest BCUT2D eigenvalue weighted by molar-refractivity contribution is 7.22. The number of pyridine rings is 1. The Hall–Kier alpha value is -3.43. The Balaban J connectivity index is 1.48. The summed E-state index contributed by atoms with van der Waals surface area (Å²) in [6, 6.07) is 26.4. The summed E-state index contributed by atoms with van der Waals surface area (Å²) >= 11 is 1.80. The fourth-order valence-electron chi connectivity index (χ4n) is 5.18. The Morgan fingerprint density at radius 1 is 0.861 bits per heavy atom. The van der Waals surface area contributed by atoms with E-state index in [2.05, 4.69) is 101 Å². The minimum absolute atomic E-state index is 0.0244. The lowest BCUT2D eigenvalue weighted by Gasteiger charge is -2.22. The average molecular weight is 490 g/mol. The quantitative estimate of drug-likeness (QED) is 0.246. The zero-order valence-corrected chi connectivity index (χ0v) is 22.4. The van der Waals surface area contributed by atoms with Crippen molar-refractivity contribution in [2.24, 2.45) is 5.92 Å². The zero-order valence-electron chi connectivity index (χ0n) is 21.6. The molecule has 0 bridgehead atoms. The van der Waals surface area contributed by atoms with Crippen LogP contribution in [0.5, 0.6) is 0 Å². The third-order valence-corrected chi connectivity index (χ3v) is 7.97. The van der Waals surface area contributed by atoms with E-state index in [0.29, 0.717) is 5.92 Å². The van der Waals surface area contributed by atoms with Gasteiger partial charge in [-0.15, -0.1) is 11.3 Å². The molecule has 3 aromatic carbocycles. The van der Waals surface area contributed by atoms with E-state index in [0.717, 1.165) is 39.3 Å². The maximum atomic E-state index is 6.40. The molecule has 0 amide bonds. The maximum absolute atomic E-state index is 6.40. The van der Waals surface area contributed by atoms with Gasteiger partial charge in [-0.25, -0.2) is 0 Å². The van der Waals surface area contributed by atoms with Gasteiger partial charge >= 0.3 is 0 Å². The number of rotatable bonds is 4. The van der Waals surface area contributed by atoms with Crippen LogP contribution in [0.2, 0.25) is 0 Å². The van der Waals surface area contributed by atoms with Crippen LogP contribution < -0.4 is 0 Å². The smallest absolute Gasteiger partial charge is 0.145 e. The Labute approximate surface area is 216 Å². The first kappa shape index (κ1) is 23.0. The van der Waals surface area contributed by atoms with Crippen LogP contribution in [0.3, 0.4) is 0 Å². The van der Waals surface area contributed by atoms with Gasteiger partial charge in [0.05, 0.1) is 10.6 Å². The van der Waals surface area contributed by atoms with Crippen LogP contribution >= 0.6 is 11.3 Å². The molecule has 3 heteroatoms. The Bertz CT molecular complexity index is 1730. The number of furan rings is 1. The molecule has 3 heterocycles. The van der Waals surface area contributed by atoms with E-state index in [-0.39, 0.29) is 5.41 Å². The Kier molecular flexibility index (Phi) is 5.49. The number of nitrogens with zero attached hydrogens (tertiary/aromatic N) is 1. The first-order valence-electron chi connectivity index (χ1n) is 12.7. The molecule has 2 nitrogen and oxygen atoms in total. The second-order valence-corrected chi connectivity index (χ2v) is 12.3. The van der Waals surface area contributed by atoms with Gasteiger partial charge in [-0.3, -0.25) is 4.98 Å². The van der Waals surface area contributed by atoms with Crippen molar-refractivity contribution < 1.29 is 4.42 Å². The van der Waals surface area contributed by atoms with Gasteiger partial charge in [0, 0.05) is 21.8 Å². The van der Waals surface area contributed by atoms with E-state index in [1.54, 1.807) is 11.3 Å². The number of fused-ring (bicyclic) bond motifs is 3. The van der Waals surface area contributed by atoms with E-state index < -0.39 is 0 Å². The van der Waals surface area contributed by atoms with E-state index in [1.807, 2.05) is 12.3 Å². The van der Waals surface area contributed by atoms with E-state index >= 15 is 0 Å². The molecule has 0 N–H and O–H groups in total. The lowest BCUT2D eigenvalue weighted by molar-refractivity contribution is 0.596. The predicted molar refractivity (Wildman–Crippen MR) is 155 cm³/mol. The van der Waals surface area contributed by atoms with Gasteiger partial charge in [-0.05, 0) is 81.4 Å². The van der Waals surface area contributed by atoms with Crippen LogP contribution in [0.1, 0.15) is 45.7 Å². The highest BCUT2D eigenvalue weighted by atomic mass is 32.1.